The average molecular weight is 565 g/mol. The molecule has 1 aliphatic rings. The van der Waals surface area contributed by atoms with Crippen molar-refractivity contribution in [3.63, 3.8) is 0 Å². The molecule has 1 aromatic carbocycles. The lowest BCUT2D eigenvalue weighted by Crippen LogP contribution is -2.43. The highest BCUT2D eigenvalue weighted by Crippen LogP contribution is 2.31. The number of aliphatic carboxylic acids is 1. The molecule has 0 spiro atoms. The maximum absolute atomic E-state index is 13.0. The third-order valence-corrected chi connectivity index (χ3v) is 8.16. The number of carboxylic acids is 1. The van der Waals surface area contributed by atoms with Gasteiger partial charge >= 0.3 is 12.1 Å². The summed E-state index contributed by atoms with van der Waals surface area (Å²) in [5, 5.41) is 12.2. The summed E-state index contributed by atoms with van der Waals surface area (Å²) in [6.07, 6.45) is -3.13. The van der Waals surface area contributed by atoms with Gasteiger partial charge in [-0.2, -0.15) is 13.2 Å². The molecule has 3 rings (SSSR count). The van der Waals surface area contributed by atoms with Crippen LogP contribution in [0.1, 0.15) is 37.0 Å². The van der Waals surface area contributed by atoms with Crippen LogP contribution in [0.15, 0.2) is 39.9 Å². The number of halogens is 3. The number of alkyl halides is 3. The second-order valence-electron chi connectivity index (χ2n) is 8.05. The van der Waals surface area contributed by atoms with Crippen molar-refractivity contribution < 1.29 is 36.3 Å². The Morgan fingerprint density at radius 2 is 1.84 bits per heavy atom. The van der Waals surface area contributed by atoms with Gasteiger partial charge in [-0.05, 0) is 43.0 Å². The summed E-state index contributed by atoms with van der Waals surface area (Å²) in [5.74, 6) is -2.83. The summed E-state index contributed by atoms with van der Waals surface area (Å²) in [7, 11) is -3.71. The van der Waals surface area contributed by atoms with Crippen LogP contribution in [0, 0.1) is 0 Å². The summed E-state index contributed by atoms with van der Waals surface area (Å²) in [4.78, 5) is 25.9. The van der Waals surface area contributed by atoms with E-state index in [1.807, 2.05) is 13.0 Å². The number of anilines is 2. The van der Waals surface area contributed by atoms with E-state index in [4.69, 9.17) is 9.90 Å². The third-order valence-electron chi connectivity index (χ3n) is 5.40. The number of amides is 1. The number of unbranched alkanes of at least 4 members (excludes halogenated alkanes) is 1. The van der Waals surface area contributed by atoms with Gasteiger partial charge in [-0.1, -0.05) is 19.4 Å². The number of nitrogens with one attached hydrogen (secondary N) is 2. The van der Waals surface area contributed by atoms with E-state index in [1.54, 1.807) is 34.5 Å². The topological polar surface area (TPSA) is 119 Å². The summed E-state index contributed by atoms with van der Waals surface area (Å²) in [6.45, 7) is 8.59. The maximum atomic E-state index is 13.0. The van der Waals surface area contributed by atoms with Crippen LogP contribution in [0.3, 0.4) is 0 Å². The number of sulfonamides is 1. The molecule has 14 heteroatoms. The minimum Gasteiger partial charge on any atom is -0.475 e. The molecule has 0 saturated carbocycles. The maximum Gasteiger partial charge on any atom is 0.490 e. The number of piperazine rings is 1. The molecule has 2 heterocycles. The van der Waals surface area contributed by atoms with Crippen molar-refractivity contribution in [2.45, 2.75) is 37.1 Å². The largest absolute Gasteiger partial charge is 0.490 e. The Bertz CT molecular complexity index is 1140. The standard InChI is InChI=1S/C21H30N4O3S2.C2HF3O2/c1-3-5-12-24(4-2)21(26)17-8-9-19(25-13-10-22-11-14-25)18(16-17)23-30(27,28)20-7-6-15-29-20;3-2(4,5)1(6)7/h6-9,15-16,22-23H,3-5,10-14H2,1-2H3;(H,6,7). The van der Waals surface area contributed by atoms with Crippen molar-refractivity contribution in [3.8, 4) is 0 Å². The Labute approximate surface area is 218 Å². The molecule has 1 aliphatic heterocycles. The lowest BCUT2D eigenvalue weighted by atomic mass is 10.1. The second-order valence-corrected chi connectivity index (χ2v) is 10.9. The minimum absolute atomic E-state index is 0.0746. The molecule has 2 aromatic rings. The average Bonchev–Trinajstić information content (AvgIpc) is 3.41. The molecule has 0 aliphatic carbocycles. The van der Waals surface area contributed by atoms with Crippen LogP contribution in [0.5, 0.6) is 0 Å². The van der Waals surface area contributed by atoms with Gasteiger partial charge in [0.25, 0.3) is 15.9 Å². The molecule has 1 amide bonds. The minimum atomic E-state index is -5.08. The zero-order valence-corrected chi connectivity index (χ0v) is 22.2. The normalized spacial score (nSPS) is 13.9. The van der Waals surface area contributed by atoms with E-state index in [9.17, 15) is 26.4 Å². The molecule has 0 unspecified atom stereocenters. The van der Waals surface area contributed by atoms with Gasteiger partial charge in [-0.3, -0.25) is 9.52 Å². The smallest absolute Gasteiger partial charge is 0.475 e. The SMILES string of the molecule is CCCCN(CC)C(=O)c1ccc(N2CCNCC2)c(NS(=O)(=O)c2cccs2)c1.O=C(O)C(F)(F)F. The fourth-order valence-corrected chi connectivity index (χ4v) is 5.54. The predicted molar refractivity (Wildman–Crippen MR) is 137 cm³/mol. The van der Waals surface area contributed by atoms with Crippen molar-refractivity contribution in [3.05, 3.63) is 41.3 Å². The summed E-state index contributed by atoms with van der Waals surface area (Å²) < 4.78 is 60.5. The molecule has 1 aromatic heterocycles. The summed E-state index contributed by atoms with van der Waals surface area (Å²) in [6, 6.07) is 8.63. The first-order chi connectivity index (χ1) is 17.4. The summed E-state index contributed by atoms with van der Waals surface area (Å²) in [5.41, 5.74) is 1.74. The quantitative estimate of drug-likeness (QED) is 0.423. The summed E-state index contributed by atoms with van der Waals surface area (Å²) >= 11 is 1.17. The first-order valence-corrected chi connectivity index (χ1v) is 14.0. The highest BCUT2D eigenvalue weighted by atomic mass is 32.2. The van der Waals surface area contributed by atoms with Crippen LogP contribution >= 0.6 is 11.3 Å². The highest BCUT2D eigenvalue weighted by Gasteiger charge is 2.38. The second kappa shape index (κ2) is 13.6. The molecule has 1 saturated heterocycles. The van der Waals surface area contributed by atoms with Crippen molar-refractivity contribution in [2.75, 3.05) is 48.9 Å². The lowest BCUT2D eigenvalue weighted by Gasteiger charge is -2.31. The number of nitrogens with zero attached hydrogens (tertiary/aromatic N) is 2. The fourth-order valence-electron chi connectivity index (χ4n) is 3.48. The fraction of sp³-hybridized carbons (Fsp3) is 0.478. The first kappa shape index (κ1) is 30.4. The first-order valence-electron chi connectivity index (χ1n) is 11.7. The zero-order valence-electron chi connectivity index (χ0n) is 20.5. The van der Waals surface area contributed by atoms with Crippen molar-refractivity contribution in [1.29, 1.82) is 0 Å². The molecule has 206 valence electrons. The van der Waals surface area contributed by atoms with Gasteiger partial charge in [0.05, 0.1) is 11.4 Å². The molecule has 3 N–H and O–H groups in total. The molecular weight excluding hydrogens is 533 g/mol. The molecular formula is C23H31F3N4O5S2. The third kappa shape index (κ3) is 8.90. The lowest BCUT2D eigenvalue weighted by molar-refractivity contribution is -0.192. The number of carboxylic acid groups (broad SMARTS) is 1. The van der Waals surface area contributed by atoms with E-state index in [-0.39, 0.29) is 10.1 Å². The van der Waals surface area contributed by atoms with Crippen LogP contribution in [0.4, 0.5) is 24.5 Å². The number of rotatable bonds is 9. The number of carbonyl (C=O) groups excluding carboxylic acids is 1. The van der Waals surface area contributed by atoms with E-state index in [1.165, 1.54) is 11.3 Å². The number of thiophene rings is 1. The Morgan fingerprint density at radius 3 is 2.35 bits per heavy atom. The van der Waals surface area contributed by atoms with Crippen LogP contribution in [-0.2, 0) is 14.8 Å². The highest BCUT2D eigenvalue weighted by molar-refractivity contribution is 7.94. The Morgan fingerprint density at radius 1 is 1.19 bits per heavy atom. The van der Waals surface area contributed by atoms with Gasteiger partial charge in [0.1, 0.15) is 4.21 Å². The van der Waals surface area contributed by atoms with Gasteiger partial charge in [-0.15, -0.1) is 11.3 Å². The number of hydrogen-bond donors (Lipinski definition) is 3. The van der Waals surface area contributed by atoms with Crippen LogP contribution in [-0.4, -0.2) is 75.7 Å². The monoisotopic (exact) mass is 564 g/mol. The van der Waals surface area contributed by atoms with E-state index >= 15 is 0 Å². The molecule has 9 nitrogen and oxygen atoms in total. The molecule has 0 atom stereocenters. The predicted octanol–water partition coefficient (Wildman–Crippen LogP) is 3.85. The van der Waals surface area contributed by atoms with Crippen molar-refractivity contribution in [1.82, 2.24) is 10.2 Å². The number of benzene rings is 1. The Hall–Kier alpha value is -2.84. The van der Waals surface area contributed by atoms with Gasteiger partial charge in [-0.25, -0.2) is 13.2 Å². The van der Waals surface area contributed by atoms with Gasteiger partial charge < -0.3 is 20.2 Å². The van der Waals surface area contributed by atoms with Gasteiger partial charge in [0, 0.05) is 44.8 Å². The van der Waals surface area contributed by atoms with Gasteiger partial charge in [0.2, 0.25) is 0 Å². The molecule has 0 bridgehead atoms. The van der Waals surface area contributed by atoms with Crippen LogP contribution < -0.4 is 14.9 Å². The van der Waals surface area contributed by atoms with Crippen LogP contribution in [0.25, 0.3) is 0 Å². The Kier molecular flexibility index (Phi) is 11.2. The Balaban J connectivity index is 0.000000604. The molecule has 37 heavy (non-hydrogen) atoms. The van der Waals surface area contributed by atoms with E-state index in [0.717, 1.165) is 44.7 Å². The molecule has 0 radical (unpaired) electrons. The zero-order chi connectivity index (χ0) is 27.6. The van der Waals surface area contributed by atoms with Crippen molar-refractivity contribution in [2.24, 2.45) is 0 Å². The van der Waals surface area contributed by atoms with Gasteiger partial charge in [0.15, 0.2) is 0 Å². The van der Waals surface area contributed by atoms with E-state index < -0.39 is 22.2 Å². The van der Waals surface area contributed by atoms with E-state index in [0.29, 0.717) is 24.3 Å². The number of hydrogen-bond acceptors (Lipinski definition) is 7. The van der Waals surface area contributed by atoms with E-state index in [2.05, 4.69) is 21.9 Å². The number of carbonyl (C=O) groups is 2. The van der Waals surface area contributed by atoms with Crippen molar-refractivity contribution >= 4 is 44.6 Å². The van der Waals surface area contributed by atoms with Crippen LogP contribution in [0.2, 0.25) is 0 Å². The molecule has 1 fully saturated rings.